The second-order valence-corrected chi connectivity index (χ2v) is 10.7. The number of carbonyl (C=O) groups is 2. The van der Waals surface area contributed by atoms with Crippen LogP contribution in [0, 0.1) is 0 Å². The van der Waals surface area contributed by atoms with Crippen LogP contribution in [0.1, 0.15) is 22.6 Å². The van der Waals surface area contributed by atoms with Crippen LogP contribution in [0.5, 0.6) is 0 Å². The Morgan fingerprint density at radius 1 is 1.05 bits per heavy atom. The number of benzene rings is 3. The Kier molecular flexibility index (Phi) is 8.17. The number of nitrogens with zero attached hydrogens (tertiary/aromatic N) is 4. The van der Waals surface area contributed by atoms with Crippen LogP contribution in [0.4, 0.5) is 30.2 Å². The normalized spacial score (nSPS) is 18.2. The van der Waals surface area contributed by atoms with Gasteiger partial charge in [-0.2, -0.15) is 13.2 Å². The lowest BCUT2D eigenvalue weighted by molar-refractivity contribution is -0.137. The summed E-state index contributed by atoms with van der Waals surface area (Å²) in [4.78, 5) is 35.8. The quantitative estimate of drug-likeness (QED) is 0.393. The van der Waals surface area contributed by atoms with Crippen LogP contribution in [0.25, 0.3) is 0 Å². The molecule has 5 rings (SSSR count). The fraction of sp³-hybridized carbons (Fsp3) is 0.300. The Balaban J connectivity index is 1.52. The van der Waals surface area contributed by atoms with Gasteiger partial charge in [0.1, 0.15) is 5.92 Å². The van der Waals surface area contributed by atoms with Crippen molar-refractivity contribution in [2.24, 2.45) is 4.99 Å². The van der Waals surface area contributed by atoms with Gasteiger partial charge in [0, 0.05) is 43.9 Å². The second-order valence-electron chi connectivity index (χ2n) is 10.2. The Hall–Kier alpha value is -3.73. The topological polar surface area (TPSA) is 68.2 Å². The molecule has 0 aromatic heterocycles. The molecule has 11 heteroatoms. The average molecular weight is 584 g/mol. The number of piperazine rings is 1. The molecule has 2 aliphatic heterocycles. The van der Waals surface area contributed by atoms with Crippen molar-refractivity contribution in [2.75, 3.05) is 57.0 Å². The monoisotopic (exact) mass is 583 g/mol. The van der Waals surface area contributed by atoms with Gasteiger partial charge in [0.25, 0.3) is 0 Å². The van der Waals surface area contributed by atoms with E-state index in [1.807, 2.05) is 11.9 Å². The molecule has 7 nitrogen and oxygen atoms in total. The van der Waals surface area contributed by atoms with Gasteiger partial charge in [-0.25, -0.2) is 0 Å². The summed E-state index contributed by atoms with van der Waals surface area (Å²) in [6, 6.07) is 17.5. The molecule has 41 heavy (non-hydrogen) atoms. The number of likely N-dealkylation sites (N-methyl/N-ethyl adjacent to an activating group) is 2. The molecule has 1 fully saturated rings. The van der Waals surface area contributed by atoms with Crippen LogP contribution in [-0.4, -0.2) is 74.1 Å². The lowest BCUT2D eigenvalue weighted by Crippen LogP contribution is -2.48. The summed E-state index contributed by atoms with van der Waals surface area (Å²) in [5.41, 5.74) is 0.817. The number of rotatable bonds is 6. The first-order valence-electron chi connectivity index (χ1n) is 13.1. The Labute approximate surface area is 241 Å². The molecule has 3 aromatic carbocycles. The predicted octanol–water partition coefficient (Wildman–Crippen LogP) is 5.43. The molecule has 2 aliphatic rings. The number of halogens is 4. The number of alkyl halides is 3. The van der Waals surface area contributed by atoms with Gasteiger partial charge in [0.15, 0.2) is 0 Å². The molecular formula is C30H29ClF3N5O2. The lowest BCUT2D eigenvalue weighted by Gasteiger charge is -2.33. The molecule has 1 N–H and O–H groups in total. The molecule has 0 bridgehead atoms. The van der Waals surface area contributed by atoms with Crippen molar-refractivity contribution in [3.05, 3.63) is 88.4 Å². The van der Waals surface area contributed by atoms with Crippen molar-refractivity contribution < 1.29 is 22.8 Å². The number of hydrogen-bond donors (Lipinski definition) is 1. The minimum atomic E-state index is -4.75. The number of anilines is 2. The molecular weight excluding hydrogens is 555 g/mol. The van der Waals surface area contributed by atoms with E-state index in [9.17, 15) is 22.8 Å². The summed E-state index contributed by atoms with van der Waals surface area (Å²) < 4.78 is 43.0. The third kappa shape index (κ3) is 6.29. The van der Waals surface area contributed by atoms with Gasteiger partial charge in [0.05, 0.1) is 29.2 Å². The fourth-order valence-electron chi connectivity index (χ4n) is 5.10. The molecule has 2 amide bonds. The van der Waals surface area contributed by atoms with Crippen LogP contribution in [-0.2, 0) is 15.8 Å². The first kappa shape index (κ1) is 28.8. The second kappa shape index (κ2) is 11.6. The number of carbonyl (C=O) groups excluding carboxylic acids is 2. The lowest BCUT2D eigenvalue weighted by atomic mass is 9.90. The molecule has 2 heterocycles. The summed E-state index contributed by atoms with van der Waals surface area (Å²) in [6.07, 6.45) is -4.75. The molecule has 1 atom stereocenters. The van der Waals surface area contributed by atoms with Gasteiger partial charge >= 0.3 is 6.18 Å². The fourth-order valence-corrected chi connectivity index (χ4v) is 5.27. The molecule has 0 saturated carbocycles. The highest BCUT2D eigenvalue weighted by atomic mass is 35.5. The van der Waals surface area contributed by atoms with Crippen molar-refractivity contribution in [1.29, 1.82) is 0 Å². The number of fused-ring (bicyclic) bond motifs is 1. The van der Waals surface area contributed by atoms with Crippen LogP contribution >= 0.6 is 11.6 Å². The van der Waals surface area contributed by atoms with Crippen molar-refractivity contribution in [3.63, 3.8) is 0 Å². The molecule has 3 aromatic rings. The van der Waals surface area contributed by atoms with E-state index >= 15 is 0 Å². The third-order valence-corrected chi connectivity index (χ3v) is 7.65. The van der Waals surface area contributed by atoms with E-state index in [1.54, 1.807) is 48.5 Å². The maximum atomic E-state index is 14.3. The molecule has 1 saturated heterocycles. The van der Waals surface area contributed by atoms with E-state index < -0.39 is 23.6 Å². The van der Waals surface area contributed by atoms with E-state index in [-0.39, 0.29) is 23.8 Å². The Bertz CT molecular complexity index is 1490. The zero-order valence-electron chi connectivity index (χ0n) is 22.6. The molecule has 1 unspecified atom stereocenters. The molecule has 0 radical (unpaired) electrons. The number of aliphatic imine (C=N–C) groups is 1. The van der Waals surface area contributed by atoms with Crippen molar-refractivity contribution >= 4 is 46.2 Å². The highest BCUT2D eigenvalue weighted by Gasteiger charge is 2.38. The summed E-state index contributed by atoms with van der Waals surface area (Å²) in [7, 11) is 3.34. The Morgan fingerprint density at radius 3 is 2.44 bits per heavy atom. The zero-order valence-corrected chi connectivity index (χ0v) is 23.3. The predicted molar refractivity (Wildman–Crippen MR) is 154 cm³/mol. The SMILES string of the molecule is CN1CCN(CC(=O)N(C)c2ccc(N=C(c3ccccc3)C3C(=O)Nc4cc(Cl)ccc43)cc2C(F)(F)F)CC1. The van der Waals surface area contributed by atoms with Crippen molar-refractivity contribution in [2.45, 2.75) is 12.1 Å². The average Bonchev–Trinajstić information content (AvgIpc) is 3.26. The maximum absolute atomic E-state index is 14.3. The van der Waals surface area contributed by atoms with Gasteiger partial charge in [-0.3, -0.25) is 19.5 Å². The number of nitrogens with one attached hydrogen (secondary N) is 1. The minimum Gasteiger partial charge on any atom is -0.325 e. The van der Waals surface area contributed by atoms with Crippen LogP contribution < -0.4 is 10.2 Å². The van der Waals surface area contributed by atoms with E-state index in [2.05, 4.69) is 15.2 Å². The minimum absolute atomic E-state index is 0.00931. The van der Waals surface area contributed by atoms with Gasteiger partial charge in [-0.1, -0.05) is 48.0 Å². The summed E-state index contributed by atoms with van der Waals surface area (Å²) in [5.74, 6) is -1.64. The summed E-state index contributed by atoms with van der Waals surface area (Å²) >= 11 is 6.11. The first-order valence-corrected chi connectivity index (χ1v) is 13.5. The number of amides is 2. The van der Waals surface area contributed by atoms with Crippen LogP contribution in [0.3, 0.4) is 0 Å². The van der Waals surface area contributed by atoms with Gasteiger partial charge in [-0.05, 0) is 48.5 Å². The maximum Gasteiger partial charge on any atom is 0.418 e. The van der Waals surface area contributed by atoms with Crippen LogP contribution in [0.2, 0.25) is 5.02 Å². The van der Waals surface area contributed by atoms with E-state index in [1.165, 1.54) is 19.2 Å². The van der Waals surface area contributed by atoms with E-state index in [0.29, 0.717) is 40.6 Å². The van der Waals surface area contributed by atoms with Crippen LogP contribution in [0.15, 0.2) is 71.7 Å². The highest BCUT2D eigenvalue weighted by Crippen LogP contribution is 2.41. The standard InChI is InChI=1S/C30H29ClF3N5O2/c1-37-12-14-39(15-13-37)18-26(40)38(2)25-11-9-21(17-23(25)30(32,33)34)35-28(19-6-4-3-5-7-19)27-22-10-8-20(31)16-24(22)36-29(27)41/h3-11,16-17,27H,12-15,18H2,1-2H3,(H,36,41). The smallest absolute Gasteiger partial charge is 0.325 e. The van der Waals surface area contributed by atoms with Crippen molar-refractivity contribution in [1.82, 2.24) is 9.80 Å². The highest BCUT2D eigenvalue weighted by molar-refractivity contribution is 6.31. The Morgan fingerprint density at radius 2 is 1.76 bits per heavy atom. The molecule has 0 spiro atoms. The zero-order chi connectivity index (χ0) is 29.3. The third-order valence-electron chi connectivity index (χ3n) is 7.41. The number of hydrogen-bond acceptors (Lipinski definition) is 5. The van der Waals surface area contributed by atoms with Gasteiger partial charge in [-0.15, -0.1) is 0 Å². The molecule has 214 valence electrons. The van der Waals surface area contributed by atoms with Crippen molar-refractivity contribution in [3.8, 4) is 0 Å². The summed E-state index contributed by atoms with van der Waals surface area (Å²) in [5, 5.41) is 3.24. The summed E-state index contributed by atoms with van der Waals surface area (Å²) in [6.45, 7) is 2.94. The first-order chi connectivity index (χ1) is 19.5. The van der Waals surface area contributed by atoms with Gasteiger partial charge in [0.2, 0.25) is 11.8 Å². The van der Waals surface area contributed by atoms with E-state index in [0.717, 1.165) is 24.1 Å². The largest absolute Gasteiger partial charge is 0.418 e. The van der Waals surface area contributed by atoms with E-state index in [4.69, 9.17) is 11.6 Å². The van der Waals surface area contributed by atoms with Gasteiger partial charge < -0.3 is 15.1 Å². The molecule has 0 aliphatic carbocycles.